The predicted molar refractivity (Wildman–Crippen MR) is 109 cm³/mol. The number of aromatic nitrogens is 1. The van der Waals surface area contributed by atoms with Crippen molar-refractivity contribution in [1.82, 2.24) is 4.98 Å². The van der Waals surface area contributed by atoms with E-state index in [1.54, 1.807) is 36.7 Å². The van der Waals surface area contributed by atoms with Gasteiger partial charge in [-0.25, -0.2) is 0 Å². The topological polar surface area (TPSA) is 59.4 Å². The molecule has 1 saturated carbocycles. The normalized spacial score (nSPS) is 26.5. The molecule has 1 heterocycles. The molecule has 1 N–H and O–H groups in total. The Morgan fingerprint density at radius 1 is 1.15 bits per heavy atom. The quantitative estimate of drug-likeness (QED) is 0.696. The molecule has 1 fully saturated rings. The lowest BCUT2D eigenvalue weighted by Crippen LogP contribution is -2.35. The van der Waals surface area contributed by atoms with Gasteiger partial charge in [-0.2, -0.15) is 0 Å². The standard InChI is InChI=1S/C22H30NO3P/c1-16(2)20-12-11-17(3)14-21(20)26-27(25,19-9-5-4-6-10-19)22(24)18-8-7-13-23-15-18/h4-10,13,15-17,20-22,24H,11-12,14H2,1-3H3/t17-,20-,21-,22+,27-/m0/s1. The van der Waals surface area contributed by atoms with Gasteiger partial charge in [-0.05, 0) is 48.8 Å². The molecule has 27 heavy (non-hydrogen) atoms. The number of nitrogens with zero attached hydrogens (tertiary/aromatic N) is 1. The predicted octanol–water partition coefficient (Wildman–Crippen LogP) is 5.15. The molecule has 0 unspecified atom stereocenters. The van der Waals surface area contributed by atoms with Gasteiger partial charge in [0.2, 0.25) is 0 Å². The summed E-state index contributed by atoms with van der Waals surface area (Å²) < 4.78 is 20.6. The van der Waals surface area contributed by atoms with Crippen molar-refractivity contribution in [1.29, 1.82) is 0 Å². The van der Waals surface area contributed by atoms with E-state index in [2.05, 4.69) is 25.8 Å². The smallest absolute Gasteiger partial charge is 0.264 e. The minimum Gasteiger partial charge on any atom is -0.378 e. The van der Waals surface area contributed by atoms with Gasteiger partial charge >= 0.3 is 0 Å². The second kappa shape index (κ2) is 8.68. The Kier molecular flexibility index (Phi) is 6.52. The zero-order valence-electron chi connectivity index (χ0n) is 16.4. The van der Waals surface area contributed by atoms with E-state index in [0.29, 0.717) is 28.6 Å². The summed E-state index contributed by atoms with van der Waals surface area (Å²) in [4.78, 5) is 4.08. The van der Waals surface area contributed by atoms with Gasteiger partial charge in [0, 0.05) is 23.3 Å². The van der Waals surface area contributed by atoms with Gasteiger partial charge in [-0.15, -0.1) is 0 Å². The van der Waals surface area contributed by atoms with Crippen LogP contribution in [0.1, 0.15) is 51.4 Å². The minimum absolute atomic E-state index is 0.119. The fraction of sp³-hybridized carbons (Fsp3) is 0.500. The maximum atomic E-state index is 14.2. The first-order valence-corrected chi connectivity index (χ1v) is 11.5. The van der Waals surface area contributed by atoms with Gasteiger partial charge in [-0.1, -0.05) is 51.5 Å². The van der Waals surface area contributed by atoms with Crippen molar-refractivity contribution in [3.63, 3.8) is 0 Å². The summed E-state index contributed by atoms with van der Waals surface area (Å²) in [5, 5.41) is 11.6. The molecule has 1 aromatic carbocycles. The van der Waals surface area contributed by atoms with Crippen LogP contribution in [0, 0.1) is 17.8 Å². The summed E-state index contributed by atoms with van der Waals surface area (Å²) >= 11 is 0. The van der Waals surface area contributed by atoms with Gasteiger partial charge in [0.05, 0.1) is 6.10 Å². The molecule has 1 aromatic heterocycles. The highest BCUT2D eigenvalue weighted by molar-refractivity contribution is 7.67. The van der Waals surface area contributed by atoms with Crippen molar-refractivity contribution in [2.24, 2.45) is 17.8 Å². The van der Waals surface area contributed by atoms with E-state index in [4.69, 9.17) is 4.52 Å². The molecule has 1 aliphatic carbocycles. The van der Waals surface area contributed by atoms with Crippen LogP contribution in [0.3, 0.4) is 0 Å². The average molecular weight is 387 g/mol. The molecular formula is C22H30NO3P. The maximum Gasteiger partial charge on any atom is 0.264 e. The molecule has 0 spiro atoms. The van der Waals surface area contributed by atoms with Crippen LogP contribution in [0.25, 0.3) is 0 Å². The van der Waals surface area contributed by atoms with Crippen LogP contribution in [-0.4, -0.2) is 16.2 Å². The van der Waals surface area contributed by atoms with Crippen LogP contribution in [0.2, 0.25) is 0 Å². The van der Waals surface area contributed by atoms with Crippen LogP contribution in [0.15, 0.2) is 54.9 Å². The summed E-state index contributed by atoms with van der Waals surface area (Å²) in [6.45, 7) is 6.61. The lowest BCUT2D eigenvalue weighted by atomic mass is 9.75. The van der Waals surface area contributed by atoms with Gasteiger partial charge in [0.1, 0.15) is 0 Å². The lowest BCUT2D eigenvalue weighted by Gasteiger charge is -2.39. The molecule has 0 radical (unpaired) electrons. The summed E-state index contributed by atoms with van der Waals surface area (Å²) in [7, 11) is -3.54. The van der Waals surface area contributed by atoms with E-state index in [1.165, 1.54) is 6.42 Å². The Balaban J connectivity index is 1.98. The van der Waals surface area contributed by atoms with E-state index in [0.717, 1.165) is 12.8 Å². The molecular weight excluding hydrogens is 357 g/mol. The monoisotopic (exact) mass is 387 g/mol. The van der Waals surface area contributed by atoms with Crippen molar-refractivity contribution < 1.29 is 14.2 Å². The number of hydrogen-bond acceptors (Lipinski definition) is 4. The van der Waals surface area contributed by atoms with E-state index >= 15 is 0 Å². The molecule has 4 nitrogen and oxygen atoms in total. The number of pyridine rings is 1. The van der Waals surface area contributed by atoms with Crippen LogP contribution in [0.5, 0.6) is 0 Å². The summed E-state index contributed by atoms with van der Waals surface area (Å²) in [5.74, 6) is 0.102. The number of hydrogen-bond donors (Lipinski definition) is 1. The first-order chi connectivity index (χ1) is 12.9. The number of rotatable bonds is 6. The molecule has 0 aliphatic heterocycles. The zero-order chi connectivity index (χ0) is 19.4. The van der Waals surface area contributed by atoms with Gasteiger partial charge in [-0.3, -0.25) is 9.55 Å². The highest BCUT2D eigenvalue weighted by Gasteiger charge is 2.42. The van der Waals surface area contributed by atoms with Crippen molar-refractivity contribution >= 4 is 12.7 Å². The fourth-order valence-corrected chi connectivity index (χ4v) is 6.35. The highest BCUT2D eigenvalue weighted by Crippen LogP contribution is 2.60. The molecule has 3 rings (SSSR count). The van der Waals surface area contributed by atoms with Crippen LogP contribution < -0.4 is 5.30 Å². The molecule has 1 aliphatic rings. The Morgan fingerprint density at radius 2 is 1.89 bits per heavy atom. The maximum absolute atomic E-state index is 14.2. The second-order valence-electron chi connectivity index (χ2n) is 8.06. The average Bonchev–Trinajstić information content (AvgIpc) is 2.68. The molecule has 5 heteroatoms. The Labute approximate surface area is 162 Å². The molecule has 2 aromatic rings. The van der Waals surface area contributed by atoms with Crippen LogP contribution >= 0.6 is 7.37 Å². The Morgan fingerprint density at radius 3 is 2.52 bits per heavy atom. The lowest BCUT2D eigenvalue weighted by molar-refractivity contribution is 0.0427. The van der Waals surface area contributed by atoms with Crippen molar-refractivity contribution in [3.8, 4) is 0 Å². The van der Waals surface area contributed by atoms with Crippen LogP contribution in [0.4, 0.5) is 0 Å². The van der Waals surface area contributed by atoms with Gasteiger partial charge < -0.3 is 9.63 Å². The summed E-state index contributed by atoms with van der Waals surface area (Å²) in [6, 6.07) is 12.6. The molecule has 0 amide bonds. The van der Waals surface area contributed by atoms with Crippen molar-refractivity contribution in [2.45, 2.75) is 52.0 Å². The number of aliphatic hydroxyl groups is 1. The first-order valence-electron chi connectivity index (χ1n) is 9.83. The first kappa shape index (κ1) is 20.3. The molecule has 5 atom stereocenters. The summed E-state index contributed by atoms with van der Waals surface area (Å²) in [5.41, 5.74) is 0.523. The Bertz CT molecular complexity index is 766. The van der Waals surface area contributed by atoms with Gasteiger partial charge in [0.15, 0.2) is 5.85 Å². The van der Waals surface area contributed by atoms with Gasteiger partial charge in [0.25, 0.3) is 7.37 Å². The van der Waals surface area contributed by atoms with E-state index in [-0.39, 0.29) is 6.10 Å². The van der Waals surface area contributed by atoms with Crippen molar-refractivity contribution in [3.05, 3.63) is 60.4 Å². The van der Waals surface area contributed by atoms with Crippen LogP contribution in [-0.2, 0) is 9.09 Å². The SMILES string of the molecule is CC(C)[C@@H]1CC[C@H](C)C[C@@H]1O[P@@](=O)(c1ccccc1)[C@@H](O)c1cccnc1. The fourth-order valence-electron chi connectivity index (χ4n) is 4.06. The zero-order valence-corrected chi connectivity index (χ0v) is 17.3. The molecule has 0 saturated heterocycles. The third kappa shape index (κ3) is 4.51. The van der Waals surface area contributed by atoms with Crippen molar-refractivity contribution in [2.75, 3.05) is 0 Å². The largest absolute Gasteiger partial charge is 0.378 e. The summed E-state index contributed by atoms with van der Waals surface area (Å²) in [6.07, 6.45) is 6.20. The van der Waals surface area contributed by atoms with E-state index in [1.807, 2.05) is 18.2 Å². The van der Waals surface area contributed by atoms with E-state index < -0.39 is 13.2 Å². The second-order valence-corrected chi connectivity index (χ2v) is 10.5. The molecule has 146 valence electrons. The molecule has 0 bridgehead atoms. The number of benzene rings is 1. The van der Waals surface area contributed by atoms with E-state index in [9.17, 15) is 9.67 Å². The third-order valence-electron chi connectivity index (χ3n) is 5.67. The number of aliphatic hydroxyl groups excluding tert-OH is 1. The minimum atomic E-state index is -3.54. The third-order valence-corrected chi connectivity index (χ3v) is 8.22. The highest BCUT2D eigenvalue weighted by atomic mass is 31.2. The Hall–Kier alpha value is -1.48.